The van der Waals surface area contributed by atoms with Crippen LogP contribution in [0.1, 0.15) is 36.1 Å². The van der Waals surface area contributed by atoms with Gasteiger partial charge in [0.15, 0.2) is 0 Å². The van der Waals surface area contributed by atoms with Crippen LogP contribution in [-0.4, -0.2) is 6.04 Å². The lowest BCUT2D eigenvalue weighted by Crippen LogP contribution is -2.36. The van der Waals surface area contributed by atoms with Crippen LogP contribution < -0.4 is 5.32 Å². The lowest BCUT2D eigenvalue weighted by Gasteiger charge is -2.29. The van der Waals surface area contributed by atoms with E-state index < -0.39 is 0 Å². The van der Waals surface area contributed by atoms with Crippen LogP contribution in [0.5, 0.6) is 0 Å². The van der Waals surface area contributed by atoms with Gasteiger partial charge in [-0.2, -0.15) is 0 Å². The summed E-state index contributed by atoms with van der Waals surface area (Å²) in [5.74, 6) is 0. The molecule has 3 rings (SSSR count). The van der Waals surface area contributed by atoms with Crippen molar-refractivity contribution in [1.29, 1.82) is 0 Å². The van der Waals surface area contributed by atoms with E-state index in [1.54, 1.807) is 0 Å². The predicted octanol–water partition coefficient (Wildman–Crippen LogP) is 5.42. The summed E-state index contributed by atoms with van der Waals surface area (Å²) < 4.78 is 2.37. The smallest absolute Gasteiger partial charge is 0.0305 e. The van der Waals surface area contributed by atoms with Crippen LogP contribution in [0.3, 0.4) is 0 Å². The van der Waals surface area contributed by atoms with Gasteiger partial charge in [-0.1, -0.05) is 56.1 Å². The Morgan fingerprint density at radius 3 is 2.71 bits per heavy atom. The molecule has 2 aromatic rings. The molecular weight excluding hydrogens is 390 g/mol. The molecular formula is C18H19Br2N. The van der Waals surface area contributed by atoms with E-state index in [4.69, 9.17) is 0 Å². The molecule has 0 saturated carbocycles. The number of hydrogen-bond donors (Lipinski definition) is 1. The maximum Gasteiger partial charge on any atom is 0.0305 e. The number of hydrogen-bond acceptors (Lipinski definition) is 1. The van der Waals surface area contributed by atoms with E-state index in [9.17, 15) is 0 Å². The summed E-state index contributed by atoms with van der Waals surface area (Å²) in [6.45, 7) is 2.25. The van der Waals surface area contributed by atoms with Gasteiger partial charge >= 0.3 is 0 Å². The van der Waals surface area contributed by atoms with E-state index in [-0.39, 0.29) is 0 Å². The van der Waals surface area contributed by atoms with Crippen molar-refractivity contribution >= 4 is 31.9 Å². The third kappa shape index (κ3) is 3.58. The number of nitrogens with one attached hydrogen (secondary N) is 1. The van der Waals surface area contributed by atoms with Crippen LogP contribution in [0.2, 0.25) is 0 Å². The summed E-state index contributed by atoms with van der Waals surface area (Å²) in [5, 5.41) is 3.79. The quantitative estimate of drug-likeness (QED) is 0.714. The molecule has 1 unspecified atom stereocenters. The largest absolute Gasteiger partial charge is 0.307 e. The summed E-state index contributed by atoms with van der Waals surface area (Å²) >= 11 is 7.21. The maximum atomic E-state index is 3.79. The molecule has 2 atom stereocenters. The Morgan fingerprint density at radius 1 is 1.10 bits per heavy atom. The van der Waals surface area contributed by atoms with Crippen LogP contribution in [0.4, 0.5) is 0 Å². The molecule has 0 bridgehead atoms. The lowest BCUT2D eigenvalue weighted by molar-refractivity contribution is 0.413. The molecule has 1 nitrogen and oxygen atoms in total. The average Bonchev–Trinajstić information content (AvgIpc) is 2.48. The van der Waals surface area contributed by atoms with Crippen molar-refractivity contribution in [1.82, 2.24) is 5.32 Å². The summed E-state index contributed by atoms with van der Waals surface area (Å²) in [6.07, 6.45) is 3.49. The van der Waals surface area contributed by atoms with E-state index >= 15 is 0 Å². The Morgan fingerprint density at radius 2 is 1.90 bits per heavy atom. The average molecular weight is 409 g/mol. The third-order valence-corrected chi connectivity index (χ3v) is 5.47. The molecule has 1 N–H and O–H groups in total. The van der Waals surface area contributed by atoms with Gasteiger partial charge in [-0.15, -0.1) is 0 Å². The Hall–Kier alpha value is -0.640. The molecule has 0 spiro atoms. The molecule has 110 valence electrons. The highest BCUT2D eigenvalue weighted by atomic mass is 79.9. The molecule has 0 aromatic heterocycles. The zero-order valence-electron chi connectivity index (χ0n) is 12.1. The molecule has 0 fully saturated rings. The minimum absolute atomic E-state index is 0.363. The number of aryl methyl sites for hydroxylation is 1. The normalized spacial score (nSPS) is 19.1. The topological polar surface area (TPSA) is 12.0 Å². The highest BCUT2D eigenvalue weighted by Gasteiger charge is 2.21. The van der Waals surface area contributed by atoms with Gasteiger partial charge in [0.05, 0.1) is 0 Å². The fraction of sp³-hybridized carbons (Fsp3) is 0.333. The van der Waals surface area contributed by atoms with E-state index in [1.165, 1.54) is 32.1 Å². The third-order valence-electron chi connectivity index (χ3n) is 4.25. The molecule has 0 saturated heterocycles. The Labute approximate surface area is 143 Å². The van der Waals surface area contributed by atoms with Crippen LogP contribution >= 0.6 is 31.9 Å². The maximum absolute atomic E-state index is 3.79. The fourth-order valence-electron chi connectivity index (χ4n) is 3.14. The van der Waals surface area contributed by atoms with Gasteiger partial charge in [-0.3, -0.25) is 0 Å². The molecule has 21 heavy (non-hydrogen) atoms. The first-order valence-corrected chi connectivity index (χ1v) is 9.00. The molecule has 0 aliphatic heterocycles. The van der Waals surface area contributed by atoms with E-state index in [0.29, 0.717) is 12.1 Å². The Kier molecular flexibility index (Phi) is 4.82. The standard InChI is InChI=1S/C18H19Br2N/c1-12(17-4-2-3-5-18(17)20)21-16-9-7-13-10-15(19)8-6-14(13)11-16/h2-6,8,10,12,16,21H,7,9,11H2,1H3/t12-,16?/m1/s1. The molecule has 0 radical (unpaired) electrons. The van der Waals surface area contributed by atoms with E-state index in [2.05, 4.69) is 86.6 Å². The zero-order valence-corrected chi connectivity index (χ0v) is 15.2. The molecule has 1 aliphatic rings. The van der Waals surface area contributed by atoms with Crippen LogP contribution in [-0.2, 0) is 12.8 Å². The number of benzene rings is 2. The van der Waals surface area contributed by atoms with Crippen molar-refractivity contribution in [2.24, 2.45) is 0 Å². The summed E-state index contributed by atoms with van der Waals surface area (Å²) in [6, 6.07) is 16.1. The van der Waals surface area contributed by atoms with Gasteiger partial charge in [0, 0.05) is 21.0 Å². The Bertz CT molecular complexity index is 639. The second-order valence-electron chi connectivity index (χ2n) is 5.76. The van der Waals surface area contributed by atoms with Crippen molar-refractivity contribution in [3.05, 3.63) is 68.1 Å². The monoisotopic (exact) mass is 407 g/mol. The second kappa shape index (κ2) is 6.64. The highest BCUT2D eigenvalue weighted by molar-refractivity contribution is 9.10. The van der Waals surface area contributed by atoms with E-state index in [1.807, 2.05) is 0 Å². The van der Waals surface area contributed by atoms with Crippen molar-refractivity contribution in [3.8, 4) is 0 Å². The van der Waals surface area contributed by atoms with Crippen molar-refractivity contribution in [2.75, 3.05) is 0 Å². The number of rotatable bonds is 3. The Balaban J connectivity index is 1.70. The molecule has 1 aliphatic carbocycles. The van der Waals surface area contributed by atoms with Gasteiger partial charge in [-0.05, 0) is 61.1 Å². The van der Waals surface area contributed by atoms with Crippen molar-refractivity contribution in [2.45, 2.75) is 38.3 Å². The van der Waals surface area contributed by atoms with Gasteiger partial charge in [-0.25, -0.2) is 0 Å². The van der Waals surface area contributed by atoms with Gasteiger partial charge in [0.25, 0.3) is 0 Å². The minimum Gasteiger partial charge on any atom is -0.307 e. The van der Waals surface area contributed by atoms with Crippen molar-refractivity contribution < 1.29 is 0 Å². The molecule has 2 aromatic carbocycles. The lowest BCUT2D eigenvalue weighted by atomic mass is 9.88. The molecule has 3 heteroatoms. The van der Waals surface area contributed by atoms with Crippen LogP contribution in [0.25, 0.3) is 0 Å². The summed E-state index contributed by atoms with van der Waals surface area (Å²) in [5.41, 5.74) is 4.32. The van der Waals surface area contributed by atoms with Gasteiger partial charge in [0.1, 0.15) is 0 Å². The van der Waals surface area contributed by atoms with Gasteiger partial charge in [0.2, 0.25) is 0 Å². The van der Waals surface area contributed by atoms with Crippen LogP contribution in [0, 0.1) is 0 Å². The first kappa shape index (κ1) is 15.3. The first-order valence-electron chi connectivity index (χ1n) is 7.41. The van der Waals surface area contributed by atoms with Crippen LogP contribution in [0.15, 0.2) is 51.4 Å². The zero-order chi connectivity index (χ0) is 14.8. The van der Waals surface area contributed by atoms with E-state index in [0.717, 1.165) is 12.8 Å². The highest BCUT2D eigenvalue weighted by Crippen LogP contribution is 2.28. The first-order chi connectivity index (χ1) is 10.1. The second-order valence-corrected chi connectivity index (χ2v) is 7.53. The summed E-state index contributed by atoms with van der Waals surface area (Å²) in [4.78, 5) is 0. The minimum atomic E-state index is 0.363. The van der Waals surface area contributed by atoms with Crippen molar-refractivity contribution in [3.63, 3.8) is 0 Å². The fourth-order valence-corrected chi connectivity index (χ4v) is 4.17. The molecule has 0 heterocycles. The summed E-state index contributed by atoms with van der Waals surface area (Å²) in [7, 11) is 0. The van der Waals surface area contributed by atoms with Gasteiger partial charge < -0.3 is 5.32 Å². The number of halogens is 2. The SMILES string of the molecule is C[C@@H](NC1CCc2cc(Br)ccc2C1)c1ccccc1Br. The predicted molar refractivity (Wildman–Crippen MR) is 95.6 cm³/mol. The molecule has 0 amide bonds. The number of fused-ring (bicyclic) bond motifs is 1.